The number of aryl methyl sites for hydroxylation is 3. The lowest BCUT2D eigenvalue weighted by Crippen LogP contribution is -2.31. The van der Waals surface area contributed by atoms with Crippen molar-refractivity contribution in [3.63, 3.8) is 0 Å². The van der Waals surface area contributed by atoms with Crippen LogP contribution in [0, 0.1) is 6.92 Å². The van der Waals surface area contributed by atoms with Gasteiger partial charge in [-0.25, -0.2) is 4.98 Å². The molecular formula is C20H20N2O2S. The quantitative estimate of drug-likeness (QED) is 0.627. The number of benzene rings is 1. The zero-order chi connectivity index (χ0) is 17.4. The number of carbonyl (C=O) groups excluding carboxylic acids is 1. The van der Waals surface area contributed by atoms with Gasteiger partial charge in [0.2, 0.25) is 0 Å². The van der Waals surface area contributed by atoms with Gasteiger partial charge in [-0.3, -0.25) is 9.69 Å². The van der Waals surface area contributed by atoms with E-state index in [0.717, 1.165) is 40.2 Å². The fraction of sp³-hybridized carbons (Fsp3) is 0.300. The van der Waals surface area contributed by atoms with Gasteiger partial charge in [0.1, 0.15) is 5.58 Å². The van der Waals surface area contributed by atoms with Gasteiger partial charge in [0, 0.05) is 22.4 Å². The van der Waals surface area contributed by atoms with Gasteiger partial charge in [-0.1, -0.05) is 24.3 Å². The summed E-state index contributed by atoms with van der Waals surface area (Å²) in [7, 11) is 0. The minimum Gasteiger partial charge on any atom is -0.451 e. The predicted octanol–water partition coefficient (Wildman–Crippen LogP) is 4.91. The highest BCUT2D eigenvalue weighted by Gasteiger charge is 2.27. The Morgan fingerprint density at radius 3 is 2.92 bits per heavy atom. The van der Waals surface area contributed by atoms with Crippen LogP contribution in [0.1, 0.15) is 39.5 Å². The Morgan fingerprint density at radius 2 is 2.16 bits per heavy atom. The molecule has 0 N–H and O–H groups in total. The standard InChI is InChI=1S/C20H20N2O2S/c1-3-12-22(20-21-15-9-5-7-11-17(15)25-20)19(23)18-13(2)14-8-4-6-10-16(14)24-18/h3-4,6,8,10H,1,5,7,9,11-12H2,2H3. The number of carbonyl (C=O) groups is 1. The number of amides is 1. The number of thiazole rings is 1. The van der Waals surface area contributed by atoms with Gasteiger partial charge in [-0.05, 0) is 38.7 Å². The number of anilines is 1. The first kappa shape index (κ1) is 16.1. The fourth-order valence-corrected chi connectivity index (χ4v) is 4.49. The Balaban J connectivity index is 1.74. The van der Waals surface area contributed by atoms with Crippen LogP contribution in [0.25, 0.3) is 11.0 Å². The molecule has 128 valence electrons. The van der Waals surface area contributed by atoms with E-state index in [2.05, 4.69) is 6.58 Å². The van der Waals surface area contributed by atoms with Crippen LogP contribution in [0.2, 0.25) is 0 Å². The molecule has 0 saturated heterocycles. The number of hydrogen-bond donors (Lipinski definition) is 0. The maximum atomic E-state index is 13.2. The molecule has 1 amide bonds. The number of aromatic nitrogens is 1. The maximum absolute atomic E-state index is 13.2. The summed E-state index contributed by atoms with van der Waals surface area (Å²) in [5.74, 6) is 0.232. The summed E-state index contributed by atoms with van der Waals surface area (Å²) in [6.07, 6.45) is 6.18. The molecule has 1 aliphatic rings. The van der Waals surface area contributed by atoms with Gasteiger partial charge >= 0.3 is 0 Å². The topological polar surface area (TPSA) is 46.3 Å². The normalized spacial score (nSPS) is 13.6. The first-order valence-electron chi connectivity index (χ1n) is 8.58. The number of nitrogens with zero attached hydrogens (tertiary/aromatic N) is 2. The molecule has 0 aliphatic heterocycles. The van der Waals surface area contributed by atoms with Crippen molar-refractivity contribution in [1.82, 2.24) is 4.98 Å². The third kappa shape index (κ3) is 2.78. The first-order chi connectivity index (χ1) is 12.2. The minimum atomic E-state index is -0.153. The minimum absolute atomic E-state index is 0.153. The van der Waals surface area contributed by atoms with Crippen LogP contribution < -0.4 is 4.90 Å². The highest BCUT2D eigenvalue weighted by molar-refractivity contribution is 7.16. The second-order valence-corrected chi connectivity index (χ2v) is 7.39. The lowest BCUT2D eigenvalue weighted by molar-refractivity contribution is 0.0964. The highest BCUT2D eigenvalue weighted by Crippen LogP contribution is 2.33. The molecule has 3 aromatic rings. The Kier molecular flexibility index (Phi) is 4.17. The van der Waals surface area contributed by atoms with Crippen molar-refractivity contribution in [2.75, 3.05) is 11.4 Å². The SMILES string of the molecule is C=CCN(C(=O)c1oc2ccccc2c1C)c1nc2c(s1)CCCC2. The molecule has 0 bridgehead atoms. The molecule has 0 spiro atoms. The van der Waals surface area contributed by atoms with Gasteiger partial charge in [0.05, 0.1) is 5.69 Å². The predicted molar refractivity (Wildman–Crippen MR) is 102 cm³/mol. The second-order valence-electron chi connectivity index (χ2n) is 6.33. The summed E-state index contributed by atoms with van der Waals surface area (Å²) < 4.78 is 5.86. The molecule has 2 aromatic heterocycles. The summed E-state index contributed by atoms with van der Waals surface area (Å²) in [4.78, 5) is 20.9. The molecule has 5 heteroatoms. The largest absolute Gasteiger partial charge is 0.451 e. The highest BCUT2D eigenvalue weighted by atomic mass is 32.1. The van der Waals surface area contributed by atoms with E-state index in [-0.39, 0.29) is 5.91 Å². The average molecular weight is 352 g/mol. The Labute approximate surface area is 150 Å². The van der Waals surface area contributed by atoms with Crippen molar-refractivity contribution < 1.29 is 9.21 Å². The van der Waals surface area contributed by atoms with E-state index in [1.54, 1.807) is 22.3 Å². The second kappa shape index (κ2) is 6.48. The smallest absolute Gasteiger partial charge is 0.296 e. The molecule has 0 saturated carbocycles. The van der Waals surface area contributed by atoms with Crippen LogP contribution in [0.4, 0.5) is 5.13 Å². The van der Waals surface area contributed by atoms with E-state index in [0.29, 0.717) is 12.3 Å². The summed E-state index contributed by atoms with van der Waals surface area (Å²) >= 11 is 1.62. The van der Waals surface area contributed by atoms with E-state index in [4.69, 9.17) is 9.40 Å². The molecule has 25 heavy (non-hydrogen) atoms. The van der Waals surface area contributed by atoms with Crippen molar-refractivity contribution in [1.29, 1.82) is 0 Å². The lowest BCUT2D eigenvalue weighted by atomic mass is 10.0. The molecule has 4 rings (SSSR count). The van der Waals surface area contributed by atoms with Crippen molar-refractivity contribution in [3.05, 3.63) is 58.8 Å². The first-order valence-corrected chi connectivity index (χ1v) is 9.40. The molecule has 1 aromatic carbocycles. The number of rotatable bonds is 4. The lowest BCUT2D eigenvalue weighted by Gasteiger charge is -2.17. The van der Waals surface area contributed by atoms with Crippen LogP contribution in [0.3, 0.4) is 0 Å². The maximum Gasteiger partial charge on any atom is 0.296 e. The van der Waals surface area contributed by atoms with E-state index in [1.807, 2.05) is 31.2 Å². The van der Waals surface area contributed by atoms with E-state index < -0.39 is 0 Å². The molecule has 0 radical (unpaired) electrons. The van der Waals surface area contributed by atoms with Crippen molar-refractivity contribution >= 4 is 33.3 Å². The monoisotopic (exact) mass is 352 g/mol. The summed E-state index contributed by atoms with van der Waals surface area (Å²) in [5.41, 5.74) is 2.76. The van der Waals surface area contributed by atoms with Gasteiger partial charge in [-0.2, -0.15) is 0 Å². The fourth-order valence-electron chi connectivity index (χ4n) is 3.33. The van der Waals surface area contributed by atoms with Crippen LogP contribution >= 0.6 is 11.3 Å². The van der Waals surface area contributed by atoms with Crippen molar-refractivity contribution in [2.45, 2.75) is 32.6 Å². The van der Waals surface area contributed by atoms with Gasteiger partial charge < -0.3 is 4.42 Å². The zero-order valence-electron chi connectivity index (χ0n) is 14.2. The number of hydrogen-bond acceptors (Lipinski definition) is 4. The van der Waals surface area contributed by atoms with Crippen LogP contribution in [-0.4, -0.2) is 17.4 Å². The summed E-state index contributed by atoms with van der Waals surface area (Å²) in [6, 6.07) is 7.73. The third-order valence-electron chi connectivity index (χ3n) is 4.66. The number of para-hydroxylation sites is 1. The Bertz CT molecular complexity index is 930. The molecule has 4 nitrogen and oxygen atoms in total. The Morgan fingerprint density at radius 1 is 1.36 bits per heavy atom. The summed E-state index contributed by atoms with van der Waals surface area (Å²) in [5, 5.41) is 1.72. The van der Waals surface area contributed by atoms with Crippen molar-refractivity contribution in [3.8, 4) is 0 Å². The van der Waals surface area contributed by atoms with Gasteiger partial charge in [-0.15, -0.1) is 17.9 Å². The van der Waals surface area contributed by atoms with Crippen LogP contribution in [-0.2, 0) is 12.8 Å². The van der Waals surface area contributed by atoms with E-state index in [1.165, 1.54) is 17.7 Å². The zero-order valence-corrected chi connectivity index (χ0v) is 15.1. The van der Waals surface area contributed by atoms with Gasteiger partial charge in [0.25, 0.3) is 5.91 Å². The molecule has 1 aliphatic carbocycles. The van der Waals surface area contributed by atoms with Gasteiger partial charge in [0.15, 0.2) is 10.9 Å². The molecule has 0 fully saturated rings. The average Bonchev–Trinajstić information content (AvgIpc) is 3.21. The number of furan rings is 1. The van der Waals surface area contributed by atoms with E-state index in [9.17, 15) is 4.79 Å². The van der Waals surface area contributed by atoms with Crippen LogP contribution in [0.5, 0.6) is 0 Å². The summed E-state index contributed by atoms with van der Waals surface area (Å²) in [6.45, 7) is 6.15. The number of fused-ring (bicyclic) bond motifs is 2. The Hall–Kier alpha value is -2.40. The molecular weight excluding hydrogens is 332 g/mol. The van der Waals surface area contributed by atoms with Crippen molar-refractivity contribution in [2.24, 2.45) is 0 Å². The third-order valence-corrected chi connectivity index (χ3v) is 5.84. The molecule has 0 atom stereocenters. The van der Waals surface area contributed by atoms with Crippen LogP contribution in [0.15, 0.2) is 41.3 Å². The molecule has 0 unspecified atom stereocenters. The van der Waals surface area contributed by atoms with E-state index >= 15 is 0 Å². The molecule has 2 heterocycles.